The molecule has 0 amide bonds. The van der Waals surface area contributed by atoms with Crippen LogP contribution in [0.1, 0.15) is 0 Å². The Hall–Kier alpha value is -3.69. The first kappa shape index (κ1) is 22.1. The number of H-pyrrole nitrogens is 1. The number of aromatic nitrogens is 5. The summed E-state index contributed by atoms with van der Waals surface area (Å²) in [5.41, 5.74) is 3.54. The van der Waals surface area contributed by atoms with Gasteiger partial charge < -0.3 is 14.5 Å². The maximum absolute atomic E-state index is 12.5. The Labute approximate surface area is 197 Å². The third-order valence-corrected chi connectivity index (χ3v) is 7.29. The van der Waals surface area contributed by atoms with Crippen molar-refractivity contribution in [3.63, 3.8) is 0 Å². The average Bonchev–Trinajstić information content (AvgIpc) is 3.33. The second kappa shape index (κ2) is 8.92. The monoisotopic (exact) mass is 473 g/mol. The van der Waals surface area contributed by atoms with Gasteiger partial charge in [0.25, 0.3) is 0 Å². The number of nitrogens with zero attached hydrogens (tertiary/aromatic N) is 4. The van der Waals surface area contributed by atoms with E-state index in [0.29, 0.717) is 41.9 Å². The summed E-state index contributed by atoms with van der Waals surface area (Å²) in [7, 11) is -1.17. The maximum Gasteiger partial charge on any atom is 0.332 e. The molecule has 5 aromatic rings. The van der Waals surface area contributed by atoms with Gasteiger partial charge in [0, 0.05) is 20.9 Å². The van der Waals surface area contributed by atoms with Crippen LogP contribution in [-0.4, -0.2) is 38.8 Å². The number of para-hydroxylation sites is 2. The van der Waals surface area contributed by atoms with Gasteiger partial charge in [0.15, 0.2) is 5.65 Å². The van der Waals surface area contributed by atoms with Crippen molar-refractivity contribution in [3.05, 3.63) is 77.3 Å². The first-order valence-corrected chi connectivity index (χ1v) is 15.0. The Bertz CT molecular complexity index is 1500. The molecule has 0 saturated carbocycles. The molecule has 174 valence electrons. The maximum atomic E-state index is 12.5. The van der Waals surface area contributed by atoms with E-state index in [1.165, 1.54) is 0 Å². The van der Waals surface area contributed by atoms with Crippen molar-refractivity contribution in [1.29, 1.82) is 0 Å². The highest BCUT2D eigenvalue weighted by molar-refractivity contribution is 6.76. The van der Waals surface area contributed by atoms with Gasteiger partial charge in [0.05, 0.1) is 22.2 Å². The molecule has 34 heavy (non-hydrogen) atoms. The third-order valence-electron chi connectivity index (χ3n) is 5.58. The molecule has 0 aliphatic carbocycles. The minimum atomic E-state index is -1.17. The number of imidazole rings is 2. The largest absolute Gasteiger partial charge is 0.425 e. The zero-order chi connectivity index (χ0) is 23.7. The van der Waals surface area contributed by atoms with E-state index in [2.05, 4.69) is 34.6 Å². The Balaban J connectivity index is 1.40. The lowest BCUT2D eigenvalue weighted by Gasteiger charge is -2.16. The first-order chi connectivity index (χ1) is 16.4. The molecule has 0 aliphatic heterocycles. The van der Waals surface area contributed by atoms with Gasteiger partial charge in [-0.1, -0.05) is 31.8 Å². The van der Waals surface area contributed by atoms with Crippen molar-refractivity contribution in [2.75, 3.05) is 6.61 Å². The molecule has 0 radical (unpaired) electrons. The van der Waals surface area contributed by atoms with Crippen molar-refractivity contribution in [2.24, 2.45) is 0 Å². The zero-order valence-corrected chi connectivity index (χ0v) is 20.5. The molecular weight excluding hydrogens is 446 g/mol. The van der Waals surface area contributed by atoms with Gasteiger partial charge >= 0.3 is 11.7 Å². The number of pyridine rings is 1. The number of benzene rings is 2. The molecule has 0 spiro atoms. The van der Waals surface area contributed by atoms with Gasteiger partial charge in [-0.3, -0.25) is 4.57 Å². The quantitative estimate of drug-likeness (QED) is 0.248. The van der Waals surface area contributed by atoms with Gasteiger partial charge in [-0.2, -0.15) is 4.98 Å². The van der Waals surface area contributed by atoms with Gasteiger partial charge in [-0.15, -0.1) is 0 Å². The minimum absolute atomic E-state index is 0.236. The molecular formula is C25H27N5O3Si. The van der Waals surface area contributed by atoms with E-state index in [1.54, 1.807) is 16.8 Å². The molecule has 9 heteroatoms. The summed E-state index contributed by atoms with van der Waals surface area (Å²) < 4.78 is 15.6. The summed E-state index contributed by atoms with van der Waals surface area (Å²) in [6, 6.07) is 20.4. The number of nitrogens with one attached hydrogen (secondary N) is 1. The van der Waals surface area contributed by atoms with E-state index >= 15 is 0 Å². The van der Waals surface area contributed by atoms with Crippen molar-refractivity contribution < 1.29 is 9.47 Å². The summed E-state index contributed by atoms with van der Waals surface area (Å²) in [6.07, 6.45) is 1.67. The van der Waals surface area contributed by atoms with E-state index in [4.69, 9.17) is 9.47 Å². The smallest absolute Gasteiger partial charge is 0.332 e. The minimum Gasteiger partial charge on any atom is -0.425 e. The van der Waals surface area contributed by atoms with Gasteiger partial charge in [-0.25, -0.2) is 14.3 Å². The number of hydrogen-bond donors (Lipinski definition) is 1. The van der Waals surface area contributed by atoms with Crippen LogP contribution in [0.2, 0.25) is 25.7 Å². The van der Waals surface area contributed by atoms with Gasteiger partial charge in [0.2, 0.25) is 0 Å². The molecule has 5 rings (SSSR count). The second-order valence-electron chi connectivity index (χ2n) is 9.40. The number of hydrogen-bond acceptors (Lipinski definition) is 5. The average molecular weight is 474 g/mol. The number of fused-ring (bicyclic) bond motifs is 2. The summed E-state index contributed by atoms with van der Waals surface area (Å²) in [5.74, 6) is 0.614. The molecule has 3 heterocycles. The molecule has 0 unspecified atom stereocenters. The Morgan fingerprint density at radius 3 is 2.59 bits per heavy atom. The van der Waals surface area contributed by atoms with Crippen LogP contribution in [0.3, 0.4) is 0 Å². The lowest BCUT2D eigenvalue weighted by atomic mass is 10.3. The van der Waals surface area contributed by atoms with E-state index in [1.807, 2.05) is 59.2 Å². The first-order valence-electron chi connectivity index (χ1n) is 11.3. The van der Waals surface area contributed by atoms with Crippen LogP contribution in [0.25, 0.3) is 27.9 Å². The summed E-state index contributed by atoms with van der Waals surface area (Å²) >= 11 is 0. The van der Waals surface area contributed by atoms with Crippen molar-refractivity contribution in [3.8, 4) is 17.4 Å². The predicted octanol–water partition coefficient (Wildman–Crippen LogP) is 5.17. The molecule has 2 aromatic carbocycles. The number of ether oxygens (including phenoxy) is 2. The molecule has 1 N–H and O–H groups in total. The van der Waals surface area contributed by atoms with Gasteiger partial charge in [0.1, 0.15) is 12.5 Å². The fraction of sp³-hybridized carbons (Fsp3) is 0.240. The molecule has 0 saturated heterocycles. The van der Waals surface area contributed by atoms with Crippen LogP contribution in [0.15, 0.2) is 71.7 Å². The number of aromatic amines is 1. The summed E-state index contributed by atoms with van der Waals surface area (Å²) in [5, 5.41) is 0. The van der Waals surface area contributed by atoms with Gasteiger partial charge in [-0.05, 0) is 54.6 Å². The van der Waals surface area contributed by atoms with E-state index in [9.17, 15) is 4.79 Å². The Morgan fingerprint density at radius 2 is 1.79 bits per heavy atom. The van der Waals surface area contributed by atoms with Crippen molar-refractivity contribution >= 4 is 30.3 Å². The standard InChI is InChI=1S/C25H27N5O3Si/c1-34(2,3)16-15-32-17-29-22-9-5-4-7-20(22)28-25(29)33-19-12-10-18(11-13-19)30-23-21(27-24(30)31)8-6-14-26-23/h4-14H,15-17H2,1-3H3,(H,27,31). The van der Waals surface area contributed by atoms with Crippen LogP contribution < -0.4 is 10.4 Å². The van der Waals surface area contributed by atoms with Crippen LogP contribution in [0.5, 0.6) is 11.8 Å². The predicted molar refractivity (Wildman–Crippen MR) is 136 cm³/mol. The topological polar surface area (TPSA) is 87.0 Å². The normalized spacial score (nSPS) is 12.0. The van der Waals surface area contributed by atoms with Crippen LogP contribution >= 0.6 is 0 Å². The SMILES string of the molecule is C[Si](C)(C)CCOCn1c(Oc2ccc(-n3c(=O)[nH]c4cccnc43)cc2)nc2ccccc21. The third kappa shape index (κ3) is 4.52. The molecule has 0 bridgehead atoms. The molecule has 3 aromatic heterocycles. The summed E-state index contributed by atoms with van der Waals surface area (Å²) in [4.78, 5) is 24.3. The van der Waals surface area contributed by atoms with Crippen molar-refractivity contribution in [2.45, 2.75) is 32.4 Å². The second-order valence-corrected chi connectivity index (χ2v) is 15.0. The molecule has 8 nitrogen and oxygen atoms in total. The van der Waals surface area contributed by atoms with E-state index in [-0.39, 0.29) is 5.69 Å². The van der Waals surface area contributed by atoms with E-state index < -0.39 is 8.07 Å². The zero-order valence-electron chi connectivity index (χ0n) is 19.5. The van der Waals surface area contributed by atoms with Crippen LogP contribution in [0, 0.1) is 0 Å². The van der Waals surface area contributed by atoms with Crippen LogP contribution in [0.4, 0.5) is 0 Å². The fourth-order valence-corrected chi connectivity index (χ4v) is 4.50. The summed E-state index contributed by atoms with van der Waals surface area (Å²) in [6.45, 7) is 8.09. The van der Waals surface area contributed by atoms with Crippen molar-refractivity contribution in [1.82, 2.24) is 24.1 Å². The molecule has 0 fully saturated rings. The van der Waals surface area contributed by atoms with E-state index in [0.717, 1.165) is 17.1 Å². The lowest BCUT2D eigenvalue weighted by Crippen LogP contribution is -2.22. The molecule has 0 atom stereocenters. The lowest BCUT2D eigenvalue weighted by molar-refractivity contribution is 0.0850. The highest BCUT2D eigenvalue weighted by Crippen LogP contribution is 2.27. The van der Waals surface area contributed by atoms with Crippen LogP contribution in [-0.2, 0) is 11.5 Å². The Morgan fingerprint density at radius 1 is 1.00 bits per heavy atom. The highest BCUT2D eigenvalue weighted by atomic mass is 28.3. The molecule has 0 aliphatic rings. The highest BCUT2D eigenvalue weighted by Gasteiger charge is 2.16. The number of rotatable bonds is 8. The Kier molecular flexibility index (Phi) is 5.80. The fourth-order valence-electron chi connectivity index (χ4n) is 3.74.